The Morgan fingerprint density at radius 2 is 1.64 bits per heavy atom. The molecule has 0 saturated carbocycles. The standard InChI is InChI=1S/C23H31N3O5S2/c1-4-16-32(28,29)26-15-6-5-10-21(26)23(27)24-19-11-13-20(14-12-19)33(30,31)25-22-17(2)8-7-9-18(22)3/h7-9,11-14,21,25H,4-6,10,15-16H2,1-3H3,(H,24,27). The number of para-hydroxylation sites is 1. The number of hydrogen-bond acceptors (Lipinski definition) is 5. The van der Waals surface area contributed by atoms with E-state index in [1.807, 2.05) is 32.0 Å². The van der Waals surface area contributed by atoms with E-state index in [9.17, 15) is 21.6 Å². The van der Waals surface area contributed by atoms with Crippen LogP contribution in [-0.4, -0.2) is 45.4 Å². The molecule has 1 aliphatic rings. The van der Waals surface area contributed by atoms with E-state index in [0.717, 1.165) is 24.0 Å². The largest absolute Gasteiger partial charge is 0.325 e. The van der Waals surface area contributed by atoms with Crippen molar-refractivity contribution in [2.75, 3.05) is 22.3 Å². The smallest absolute Gasteiger partial charge is 0.261 e. The Morgan fingerprint density at radius 1 is 1.00 bits per heavy atom. The third kappa shape index (κ3) is 5.93. The summed E-state index contributed by atoms with van der Waals surface area (Å²) in [6.07, 6.45) is 2.45. The molecule has 33 heavy (non-hydrogen) atoms. The Morgan fingerprint density at radius 3 is 2.24 bits per heavy atom. The van der Waals surface area contributed by atoms with Crippen LogP contribution in [0.1, 0.15) is 43.7 Å². The van der Waals surface area contributed by atoms with E-state index in [1.165, 1.54) is 28.6 Å². The normalized spacial score (nSPS) is 17.5. The number of hydrogen-bond donors (Lipinski definition) is 2. The molecule has 1 unspecified atom stereocenters. The second-order valence-electron chi connectivity index (χ2n) is 8.32. The van der Waals surface area contributed by atoms with Crippen LogP contribution in [0.3, 0.4) is 0 Å². The van der Waals surface area contributed by atoms with Gasteiger partial charge >= 0.3 is 0 Å². The topological polar surface area (TPSA) is 113 Å². The predicted molar refractivity (Wildman–Crippen MR) is 130 cm³/mol. The second-order valence-corrected chi connectivity index (χ2v) is 12.0. The fourth-order valence-corrected chi connectivity index (χ4v) is 6.94. The molecule has 8 nitrogen and oxygen atoms in total. The zero-order valence-electron chi connectivity index (χ0n) is 19.2. The van der Waals surface area contributed by atoms with Gasteiger partial charge in [-0.3, -0.25) is 9.52 Å². The lowest BCUT2D eigenvalue weighted by molar-refractivity contribution is -0.120. The summed E-state index contributed by atoms with van der Waals surface area (Å²) in [7, 11) is -7.31. The SMILES string of the molecule is CCCS(=O)(=O)N1CCCCC1C(=O)Nc1ccc(S(=O)(=O)Nc2c(C)cccc2C)cc1. The van der Waals surface area contributed by atoms with Crippen molar-refractivity contribution in [3.05, 3.63) is 53.6 Å². The summed E-state index contributed by atoms with van der Waals surface area (Å²) in [6.45, 7) is 5.79. The van der Waals surface area contributed by atoms with Gasteiger partial charge in [0.2, 0.25) is 15.9 Å². The highest BCUT2D eigenvalue weighted by Gasteiger charge is 2.36. The van der Waals surface area contributed by atoms with Crippen molar-refractivity contribution in [1.29, 1.82) is 0 Å². The number of piperidine rings is 1. The Bertz CT molecular complexity index is 1190. The Labute approximate surface area is 196 Å². The van der Waals surface area contributed by atoms with Crippen LogP contribution in [0.25, 0.3) is 0 Å². The minimum absolute atomic E-state index is 0.0106. The Hall–Kier alpha value is -2.43. The molecule has 1 aliphatic heterocycles. The minimum atomic E-state index is -3.81. The first-order valence-electron chi connectivity index (χ1n) is 11.0. The molecule has 1 fully saturated rings. The fourth-order valence-electron chi connectivity index (χ4n) is 3.99. The summed E-state index contributed by atoms with van der Waals surface area (Å²) in [5, 5.41) is 2.74. The van der Waals surface area contributed by atoms with Gasteiger partial charge in [0.15, 0.2) is 0 Å². The van der Waals surface area contributed by atoms with Crippen molar-refractivity contribution in [3.8, 4) is 0 Å². The van der Waals surface area contributed by atoms with Crippen LogP contribution in [0.5, 0.6) is 0 Å². The van der Waals surface area contributed by atoms with E-state index >= 15 is 0 Å². The highest BCUT2D eigenvalue weighted by Crippen LogP contribution is 2.25. The molecule has 2 aromatic carbocycles. The number of carbonyl (C=O) groups excluding carboxylic acids is 1. The van der Waals surface area contributed by atoms with Crippen LogP contribution in [0.4, 0.5) is 11.4 Å². The van der Waals surface area contributed by atoms with Crippen LogP contribution < -0.4 is 10.0 Å². The highest BCUT2D eigenvalue weighted by atomic mass is 32.2. The van der Waals surface area contributed by atoms with Crippen LogP contribution >= 0.6 is 0 Å². The lowest BCUT2D eigenvalue weighted by atomic mass is 10.0. The molecule has 1 amide bonds. The van der Waals surface area contributed by atoms with Gasteiger partial charge in [0, 0.05) is 12.2 Å². The van der Waals surface area contributed by atoms with Gasteiger partial charge in [-0.05, 0) is 68.5 Å². The summed E-state index contributed by atoms with van der Waals surface area (Å²) in [5.74, 6) is -0.393. The maximum absolute atomic E-state index is 12.9. The molecular formula is C23H31N3O5S2. The molecule has 1 atom stereocenters. The van der Waals surface area contributed by atoms with E-state index in [0.29, 0.717) is 30.8 Å². The van der Waals surface area contributed by atoms with Crippen LogP contribution in [0.2, 0.25) is 0 Å². The number of sulfonamides is 2. The molecule has 0 radical (unpaired) electrons. The van der Waals surface area contributed by atoms with Crippen LogP contribution in [0, 0.1) is 13.8 Å². The molecule has 0 bridgehead atoms. The highest BCUT2D eigenvalue weighted by molar-refractivity contribution is 7.92. The number of anilines is 2. The van der Waals surface area contributed by atoms with Crippen molar-refractivity contribution in [1.82, 2.24) is 4.31 Å². The molecule has 0 spiro atoms. The third-order valence-electron chi connectivity index (χ3n) is 5.73. The van der Waals surface area contributed by atoms with Crippen molar-refractivity contribution in [2.24, 2.45) is 0 Å². The molecule has 3 rings (SSSR count). The lowest BCUT2D eigenvalue weighted by Crippen LogP contribution is -2.50. The molecule has 0 aliphatic carbocycles. The van der Waals surface area contributed by atoms with E-state index in [2.05, 4.69) is 10.0 Å². The lowest BCUT2D eigenvalue weighted by Gasteiger charge is -2.33. The average Bonchev–Trinajstić information content (AvgIpc) is 2.77. The molecule has 0 aromatic heterocycles. The fraction of sp³-hybridized carbons (Fsp3) is 0.435. The number of amides is 1. The van der Waals surface area contributed by atoms with E-state index in [-0.39, 0.29) is 10.6 Å². The average molecular weight is 494 g/mol. The zero-order valence-corrected chi connectivity index (χ0v) is 20.8. The van der Waals surface area contributed by atoms with Crippen molar-refractivity contribution < 1.29 is 21.6 Å². The number of carbonyl (C=O) groups is 1. The number of aryl methyl sites for hydroxylation is 2. The molecule has 2 N–H and O–H groups in total. The van der Waals surface area contributed by atoms with Gasteiger partial charge in [-0.25, -0.2) is 16.8 Å². The van der Waals surface area contributed by atoms with Gasteiger partial charge in [-0.1, -0.05) is 31.5 Å². The van der Waals surface area contributed by atoms with E-state index in [1.54, 1.807) is 6.92 Å². The monoisotopic (exact) mass is 493 g/mol. The summed E-state index contributed by atoms with van der Waals surface area (Å²) in [6, 6.07) is 10.6. The second kappa shape index (κ2) is 10.2. The Kier molecular flexibility index (Phi) is 7.81. The number of nitrogens with one attached hydrogen (secondary N) is 2. The summed E-state index contributed by atoms with van der Waals surface area (Å²) >= 11 is 0. The van der Waals surface area contributed by atoms with Crippen LogP contribution in [0.15, 0.2) is 47.4 Å². The van der Waals surface area contributed by atoms with E-state index < -0.39 is 32.0 Å². The molecule has 1 heterocycles. The van der Waals surface area contributed by atoms with Gasteiger partial charge in [-0.2, -0.15) is 4.31 Å². The van der Waals surface area contributed by atoms with Gasteiger partial charge in [-0.15, -0.1) is 0 Å². The van der Waals surface area contributed by atoms with Gasteiger partial charge in [0.05, 0.1) is 16.3 Å². The molecule has 1 saturated heterocycles. The van der Waals surface area contributed by atoms with E-state index in [4.69, 9.17) is 0 Å². The number of benzene rings is 2. The maximum atomic E-state index is 12.9. The zero-order chi connectivity index (χ0) is 24.2. The quantitative estimate of drug-likeness (QED) is 0.583. The third-order valence-corrected chi connectivity index (χ3v) is 9.17. The molecular weight excluding hydrogens is 462 g/mol. The summed E-state index contributed by atoms with van der Waals surface area (Å²) in [5.41, 5.74) is 2.58. The first-order valence-corrected chi connectivity index (χ1v) is 14.1. The first kappa shape index (κ1) is 25.2. The Balaban J connectivity index is 1.74. The summed E-state index contributed by atoms with van der Waals surface area (Å²) < 4.78 is 54.8. The maximum Gasteiger partial charge on any atom is 0.261 e. The molecule has 10 heteroatoms. The van der Waals surface area contributed by atoms with Crippen molar-refractivity contribution in [3.63, 3.8) is 0 Å². The molecule has 2 aromatic rings. The number of nitrogens with zero attached hydrogens (tertiary/aromatic N) is 1. The van der Waals surface area contributed by atoms with Crippen molar-refractivity contribution >= 4 is 37.3 Å². The molecule has 180 valence electrons. The number of rotatable bonds is 8. The van der Waals surface area contributed by atoms with Gasteiger partial charge in [0.25, 0.3) is 10.0 Å². The van der Waals surface area contributed by atoms with Gasteiger partial charge < -0.3 is 5.32 Å². The summed E-state index contributed by atoms with van der Waals surface area (Å²) in [4.78, 5) is 12.9. The van der Waals surface area contributed by atoms with Gasteiger partial charge in [0.1, 0.15) is 6.04 Å². The predicted octanol–water partition coefficient (Wildman–Crippen LogP) is 3.64. The van der Waals surface area contributed by atoms with Crippen molar-refractivity contribution in [2.45, 2.75) is 57.4 Å². The van der Waals surface area contributed by atoms with Crippen LogP contribution in [-0.2, 0) is 24.8 Å². The minimum Gasteiger partial charge on any atom is -0.325 e. The first-order chi connectivity index (χ1) is 15.5.